The number of anilines is 1. The Morgan fingerprint density at radius 2 is 1.86 bits per heavy atom. The van der Waals surface area contributed by atoms with E-state index in [1.807, 2.05) is 39.8 Å². The van der Waals surface area contributed by atoms with Gasteiger partial charge in [0.15, 0.2) is 0 Å². The summed E-state index contributed by atoms with van der Waals surface area (Å²) < 4.78 is 0. The Labute approximate surface area is 129 Å². The Kier molecular flexibility index (Phi) is 4.58. The molecular formula is C16H18ClN3O. The maximum atomic E-state index is 12.3. The van der Waals surface area contributed by atoms with Gasteiger partial charge < -0.3 is 5.32 Å². The molecule has 0 saturated heterocycles. The first kappa shape index (κ1) is 15.4. The van der Waals surface area contributed by atoms with Gasteiger partial charge in [-0.25, -0.2) is 9.97 Å². The van der Waals surface area contributed by atoms with E-state index in [4.69, 9.17) is 11.6 Å². The van der Waals surface area contributed by atoms with Gasteiger partial charge in [-0.15, -0.1) is 0 Å². The summed E-state index contributed by atoms with van der Waals surface area (Å²) in [4.78, 5) is 20.8. The summed E-state index contributed by atoms with van der Waals surface area (Å²) in [6.07, 6.45) is 0. The number of nitrogens with one attached hydrogen (secondary N) is 1. The van der Waals surface area contributed by atoms with Gasteiger partial charge in [0.2, 0.25) is 0 Å². The second-order valence-corrected chi connectivity index (χ2v) is 5.77. The zero-order chi connectivity index (χ0) is 15.6. The fourth-order valence-corrected chi connectivity index (χ4v) is 2.25. The molecular weight excluding hydrogens is 286 g/mol. The lowest BCUT2D eigenvalue weighted by Crippen LogP contribution is -2.14. The van der Waals surface area contributed by atoms with Crippen molar-refractivity contribution in [1.82, 2.24) is 9.97 Å². The van der Waals surface area contributed by atoms with Gasteiger partial charge in [-0.1, -0.05) is 25.4 Å². The van der Waals surface area contributed by atoms with Crippen LogP contribution in [-0.4, -0.2) is 15.9 Å². The number of nitrogens with zero attached hydrogens (tertiary/aromatic N) is 2. The van der Waals surface area contributed by atoms with Crippen molar-refractivity contribution in [2.45, 2.75) is 33.6 Å². The van der Waals surface area contributed by atoms with E-state index in [0.29, 0.717) is 16.5 Å². The highest BCUT2D eigenvalue weighted by Crippen LogP contribution is 2.19. The summed E-state index contributed by atoms with van der Waals surface area (Å²) in [5.41, 5.74) is 3.19. The molecule has 0 bridgehead atoms. The lowest BCUT2D eigenvalue weighted by atomic mass is 10.1. The maximum Gasteiger partial charge on any atom is 0.256 e. The Hall–Kier alpha value is -1.94. The molecule has 5 heteroatoms. The van der Waals surface area contributed by atoms with E-state index in [2.05, 4.69) is 15.3 Å². The first-order valence-corrected chi connectivity index (χ1v) is 7.17. The lowest BCUT2D eigenvalue weighted by molar-refractivity contribution is 0.102. The fourth-order valence-electron chi connectivity index (χ4n) is 2.04. The van der Waals surface area contributed by atoms with E-state index >= 15 is 0 Å². The average Bonchev–Trinajstić information content (AvgIpc) is 2.36. The zero-order valence-corrected chi connectivity index (χ0v) is 13.3. The predicted molar refractivity (Wildman–Crippen MR) is 85.0 cm³/mol. The van der Waals surface area contributed by atoms with Crippen LogP contribution in [0.5, 0.6) is 0 Å². The molecule has 0 aliphatic rings. The molecule has 0 radical (unpaired) electrons. The smallest absolute Gasteiger partial charge is 0.256 e. The van der Waals surface area contributed by atoms with Crippen LogP contribution in [0.15, 0.2) is 24.3 Å². The van der Waals surface area contributed by atoms with E-state index < -0.39 is 0 Å². The molecule has 110 valence electrons. The topological polar surface area (TPSA) is 54.9 Å². The molecule has 0 saturated carbocycles. The summed E-state index contributed by atoms with van der Waals surface area (Å²) in [7, 11) is 0. The maximum absolute atomic E-state index is 12.3. The third kappa shape index (κ3) is 4.02. The number of carbonyl (C=O) groups excluding carboxylic acids is 1. The zero-order valence-electron chi connectivity index (χ0n) is 12.6. The van der Waals surface area contributed by atoms with Crippen LogP contribution in [0.4, 0.5) is 5.82 Å². The standard InChI is InChI=1S/C16H18ClN3O/c1-9(2)13-7-12(8-14(17)19-13)16(21)20-15-6-10(3)5-11(4)18-15/h5-9H,1-4H3,(H,18,20,21). The average molecular weight is 304 g/mol. The highest BCUT2D eigenvalue weighted by Gasteiger charge is 2.12. The normalized spacial score (nSPS) is 10.8. The molecule has 0 spiro atoms. The van der Waals surface area contributed by atoms with E-state index in [1.165, 1.54) is 0 Å². The van der Waals surface area contributed by atoms with Crippen LogP contribution in [0.3, 0.4) is 0 Å². The van der Waals surface area contributed by atoms with Crippen LogP contribution in [0.2, 0.25) is 5.15 Å². The Bertz CT molecular complexity index is 663. The molecule has 0 aromatic carbocycles. The van der Waals surface area contributed by atoms with E-state index in [0.717, 1.165) is 17.0 Å². The summed E-state index contributed by atoms with van der Waals surface area (Å²) in [5.74, 6) is 0.504. The molecule has 1 amide bonds. The summed E-state index contributed by atoms with van der Waals surface area (Å²) >= 11 is 5.98. The first-order chi connectivity index (χ1) is 9.85. The first-order valence-electron chi connectivity index (χ1n) is 6.79. The van der Waals surface area contributed by atoms with Crippen molar-refractivity contribution in [3.63, 3.8) is 0 Å². The minimum Gasteiger partial charge on any atom is -0.307 e. The monoisotopic (exact) mass is 303 g/mol. The van der Waals surface area contributed by atoms with E-state index in [9.17, 15) is 4.79 Å². The number of halogens is 1. The summed E-state index contributed by atoms with van der Waals surface area (Å²) in [5, 5.41) is 3.12. The lowest BCUT2D eigenvalue weighted by Gasteiger charge is -2.10. The van der Waals surface area contributed by atoms with Gasteiger partial charge in [-0.3, -0.25) is 4.79 Å². The quantitative estimate of drug-likeness (QED) is 0.868. The van der Waals surface area contributed by atoms with Crippen LogP contribution in [0.25, 0.3) is 0 Å². The van der Waals surface area contributed by atoms with Crippen LogP contribution >= 0.6 is 11.6 Å². The number of amides is 1. The number of hydrogen-bond donors (Lipinski definition) is 1. The minimum atomic E-state index is -0.237. The molecule has 0 aliphatic carbocycles. The Balaban J connectivity index is 2.28. The number of rotatable bonds is 3. The van der Waals surface area contributed by atoms with E-state index in [-0.39, 0.29) is 11.8 Å². The molecule has 2 heterocycles. The van der Waals surface area contributed by atoms with Crippen molar-refractivity contribution in [2.24, 2.45) is 0 Å². The molecule has 2 aromatic heterocycles. The van der Waals surface area contributed by atoms with Crippen molar-refractivity contribution in [3.8, 4) is 0 Å². The van der Waals surface area contributed by atoms with Crippen LogP contribution < -0.4 is 5.32 Å². The van der Waals surface area contributed by atoms with Crippen molar-refractivity contribution < 1.29 is 4.79 Å². The number of carbonyl (C=O) groups is 1. The SMILES string of the molecule is Cc1cc(C)nc(NC(=O)c2cc(Cl)nc(C(C)C)c2)c1. The molecule has 2 aromatic rings. The molecule has 0 fully saturated rings. The second kappa shape index (κ2) is 6.22. The second-order valence-electron chi connectivity index (χ2n) is 5.38. The van der Waals surface area contributed by atoms with Gasteiger partial charge in [0.1, 0.15) is 11.0 Å². The fraction of sp³-hybridized carbons (Fsp3) is 0.312. The number of aromatic nitrogens is 2. The largest absolute Gasteiger partial charge is 0.307 e. The van der Waals surface area contributed by atoms with Crippen molar-refractivity contribution in [1.29, 1.82) is 0 Å². The van der Waals surface area contributed by atoms with Gasteiger partial charge in [0.25, 0.3) is 5.91 Å². The van der Waals surface area contributed by atoms with E-state index in [1.54, 1.807) is 12.1 Å². The Morgan fingerprint density at radius 3 is 2.48 bits per heavy atom. The minimum absolute atomic E-state index is 0.203. The third-order valence-electron chi connectivity index (χ3n) is 3.01. The molecule has 4 nitrogen and oxygen atoms in total. The van der Waals surface area contributed by atoms with Gasteiger partial charge in [-0.05, 0) is 49.6 Å². The van der Waals surface area contributed by atoms with Gasteiger partial charge in [-0.2, -0.15) is 0 Å². The highest BCUT2D eigenvalue weighted by atomic mass is 35.5. The molecule has 21 heavy (non-hydrogen) atoms. The van der Waals surface area contributed by atoms with Crippen molar-refractivity contribution in [3.05, 3.63) is 51.9 Å². The van der Waals surface area contributed by atoms with Crippen LogP contribution in [0, 0.1) is 13.8 Å². The van der Waals surface area contributed by atoms with Gasteiger partial charge in [0.05, 0.1) is 0 Å². The molecule has 2 rings (SSSR count). The number of aryl methyl sites for hydroxylation is 2. The highest BCUT2D eigenvalue weighted by molar-refractivity contribution is 6.29. The molecule has 0 aliphatic heterocycles. The van der Waals surface area contributed by atoms with Crippen LogP contribution in [0.1, 0.15) is 47.1 Å². The molecule has 1 N–H and O–H groups in total. The van der Waals surface area contributed by atoms with Crippen molar-refractivity contribution >= 4 is 23.3 Å². The third-order valence-corrected chi connectivity index (χ3v) is 3.20. The summed E-state index contributed by atoms with van der Waals surface area (Å²) in [6.45, 7) is 7.87. The molecule has 0 atom stereocenters. The van der Waals surface area contributed by atoms with Gasteiger partial charge in [0, 0.05) is 17.0 Å². The summed E-state index contributed by atoms with van der Waals surface area (Å²) in [6, 6.07) is 7.10. The van der Waals surface area contributed by atoms with Crippen LogP contribution in [-0.2, 0) is 0 Å². The Morgan fingerprint density at radius 1 is 1.14 bits per heavy atom. The number of pyridine rings is 2. The predicted octanol–water partition coefficient (Wildman–Crippen LogP) is 4.12. The van der Waals surface area contributed by atoms with Gasteiger partial charge >= 0.3 is 0 Å². The number of hydrogen-bond acceptors (Lipinski definition) is 3. The molecule has 0 unspecified atom stereocenters. The van der Waals surface area contributed by atoms with Crippen molar-refractivity contribution in [2.75, 3.05) is 5.32 Å².